The maximum Gasteiger partial charge on any atom is 0.317 e. The van der Waals surface area contributed by atoms with E-state index in [-0.39, 0.29) is 13.2 Å². The molecule has 1 aromatic rings. The largest absolute Gasteiger partial charge is 0.461 e. The highest BCUT2D eigenvalue weighted by atomic mass is 19.1. The lowest BCUT2D eigenvalue weighted by atomic mass is 9.62. The average molecular weight is 390 g/mol. The molecule has 1 aromatic carbocycles. The monoisotopic (exact) mass is 390 g/mol. The van der Waals surface area contributed by atoms with E-state index in [0.29, 0.717) is 5.56 Å². The summed E-state index contributed by atoms with van der Waals surface area (Å²) in [6.45, 7) is 8.06. The van der Waals surface area contributed by atoms with Gasteiger partial charge in [0.2, 0.25) is 0 Å². The van der Waals surface area contributed by atoms with Gasteiger partial charge in [-0.25, -0.2) is 4.39 Å². The molecule has 0 amide bonds. The minimum Gasteiger partial charge on any atom is -0.461 e. The summed E-state index contributed by atoms with van der Waals surface area (Å²) in [4.78, 5) is 38.0. The molecule has 1 aliphatic rings. The Morgan fingerprint density at radius 1 is 1.18 bits per heavy atom. The normalized spacial score (nSPS) is 27.0. The minimum atomic E-state index is -1.76. The Hall–Kier alpha value is -2.80. The average Bonchev–Trinajstić information content (AvgIpc) is 2.63. The van der Waals surface area contributed by atoms with Crippen LogP contribution >= 0.6 is 0 Å². The zero-order valence-electron chi connectivity index (χ0n) is 15.6. The predicted octanol–water partition coefficient (Wildman–Crippen LogP) is 2.32. The Balaban J connectivity index is 2.56. The van der Waals surface area contributed by atoms with E-state index >= 15 is 0 Å². The summed E-state index contributed by atoms with van der Waals surface area (Å²) in [6, 6.07) is 5.05. The quantitative estimate of drug-likeness (QED) is 0.437. The van der Waals surface area contributed by atoms with Gasteiger partial charge < -0.3 is 14.6 Å². The number of benzene rings is 1. The Bertz CT molecular complexity index is 768. The molecular formula is C21H23FO6. The summed E-state index contributed by atoms with van der Waals surface area (Å²) in [7, 11) is 0. The van der Waals surface area contributed by atoms with Crippen LogP contribution in [0.2, 0.25) is 0 Å². The van der Waals surface area contributed by atoms with E-state index in [1.807, 2.05) is 0 Å². The second-order valence-electron chi connectivity index (χ2n) is 6.87. The molecule has 0 aromatic heterocycles. The van der Waals surface area contributed by atoms with Crippen LogP contribution in [0.5, 0.6) is 0 Å². The van der Waals surface area contributed by atoms with Crippen LogP contribution in [0.1, 0.15) is 24.8 Å². The molecule has 150 valence electrons. The number of ketones is 1. The van der Waals surface area contributed by atoms with Crippen LogP contribution in [0.25, 0.3) is 0 Å². The molecule has 0 radical (unpaired) electrons. The molecule has 0 aliphatic heterocycles. The van der Waals surface area contributed by atoms with E-state index in [2.05, 4.69) is 13.2 Å². The third-order valence-electron chi connectivity index (χ3n) is 4.72. The molecule has 0 bridgehead atoms. The fourth-order valence-corrected chi connectivity index (χ4v) is 3.56. The molecule has 0 saturated heterocycles. The second kappa shape index (κ2) is 8.93. The van der Waals surface area contributed by atoms with Crippen molar-refractivity contribution >= 4 is 17.7 Å². The molecule has 0 spiro atoms. The zero-order valence-corrected chi connectivity index (χ0v) is 15.6. The summed E-state index contributed by atoms with van der Waals surface area (Å²) in [5.74, 6) is -6.37. The number of ether oxygens (including phenoxy) is 2. The second-order valence-corrected chi connectivity index (χ2v) is 6.87. The molecule has 1 fully saturated rings. The number of hydrogen-bond donors (Lipinski definition) is 1. The molecule has 2 rings (SSSR count). The standard InChI is InChI=1S/C21H23FO6/c1-4-10-27-19(24)17-15(23)12-21(3,26)18(20(25)28-11-5-2)16(17)13-6-8-14(22)9-7-13/h4-9,16-18,26H,1-2,10-12H2,3H3/t16-,17+,18-,21-/m0/s1. The third-order valence-corrected chi connectivity index (χ3v) is 4.72. The van der Waals surface area contributed by atoms with Gasteiger partial charge in [-0.05, 0) is 24.6 Å². The Morgan fingerprint density at radius 3 is 2.25 bits per heavy atom. The van der Waals surface area contributed by atoms with Crippen LogP contribution in [0.15, 0.2) is 49.6 Å². The predicted molar refractivity (Wildman–Crippen MR) is 98.7 cm³/mol. The summed E-state index contributed by atoms with van der Waals surface area (Å²) in [5.41, 5.74) is -1.42. The van der Waals surface area contributed by atoms with Crippen molar-refractivity contribution in [3.05, 3.63) is 61.0 Å². The maximum absolute atomic E-state index is 13.4. The van der Waals surface area contributed by atoms with Crippen LogP contribution < -0.4 is 0 Å². The van der Waals surface area contributed by atoms with Crippen molar-refractivity contribution < 1.29 is 33.4 Å². The van der Waals surface area contributed by atoms with Gasteiger partial charge in [0.05, 0.1) is 11.5 Å². The summed E-state index contributed by atoms with van der Waals surface area (Å²) in [5, 5.41) is 10.8. The summed E-state index contributed by atoms with van der Waals surface area (Å²) < 4.78 is 23.6. The first-order chi connectivity index (χ1) is 13.2. The fourth-order valence-electron chi connectivity index (χ4n) is 3.56. The highest BCUT2D eigenvalue weighted by Gasteiger charge is 2.57. The number of esters is 2. The van der Waals surface area contributed by atoms with Crippen molar-refractivity contribution in [2.75, 3.05) is 13.2 Å². The SMILES string of the molecule is C=CCOC(=O)[C@@H]1C(=O)C[C@](C)(O)[C@H](C(=O)OCC=C)[C@H]1c1ccc(F)cc1. The highest BCUT2D eigenvalue weighted by molar-refractivity contribution is 6.02. The van der Waals surface area contributed by atoms with Crippen LogP contribution in [-0.4, -0.2) is 41.6 Å². The fraction of sp³-hybridized carbons (Fsp3) is 0.381. The van der Waals surface area contributed by atoms with Crippen molar-refractivity contribution in [1.29, 1.82) is 0 Å². The smallest absolute Gasteiger partial charge is 0.317 e. The Morgan fingerprint density at radius 2 is 1.71 bits per heavy atom. The third kappa shape index (κ3) is 4.54. The number of carbonyl (C=O) groups is 3. The van der Waals surface area contributed by atoms with E-state index < -0.39 is 53.3 Å². The van der Waals surface area contributed by atoms with Crippen molar-refractivity contribution in [3.63, 3.8) is 0 Å². The molecule has 4 atom stereocenters. The van der Waals surface area contributed by atoms with Crippen molar-refractivity contribution in [2.45, 2.75) is 24.9 Å². The number of rotatable bonds is 7. The van der Waals surface area contributed by atoms with Gasteiger partial charge in [-0.3, -0.25) is 14.4 Å². The van der Waals surface area contributed by atoms with Gasteiger partial charge in [0, 0.05) is 12.3 Å². The topological polar surface area (TPSA) is 89.9 Å². The van der Waals surface area contributed by atoms with Crippen molar-refractivity contribution in [1.82, 2.24) is 0 Å². The first-order valence-electron chi connectivity index (χ1n) is 8.78. The lowest BCUT2D eigenvalue weighted by Gasteiger charge is -2.43. The van der Waals surface area contributed by atoms with Crippen molar-refractivity contribution in [3.8, 4) is 0 Å². The summed E-state index contributed by atoms with van der Waals surface area (Å²) in [6.07, 6.45) is 2.29. The molecule has 7 heteroatoms. The van der Waals surface area contributed by atoms with Gasteiger partial charge >= 0.3 is 11.9 Å². The van der Waals surface area contributed by atoms with Gasteiger partial charge in [-0.1, -0.05) is 37.4 Å². The van der Waals surface area contributed by atoms with Crippen molar-refractivity contribution in [2.24, 2.45) is 11.8 Å². The van der Waals surface area contributed by atoms with E-state index in [0.717, 1.165) is 12.1 Å². The molecule has 28 heavy (non-hydrogen) atoms. The lowest BCUT2D eigenvalue weighted by Crippen LogP contribution is -2.55. The molecule has 1 saturated carbocycles. The first kappa shape index (κ1) is 21.5. The van der Waals surface area contributed by atoms with Crippen LogP contribution in [-0.2, 0) is 23.9 Å². The first-order valence-corrected chi connectivity index (χ1v) is 8.78. The molecule has 6 nitrogen and oxygen atoms in total. The molecule has 0 heterocycles. The molecule has 1 aliphatic carbocycles. The van der Waals surface area contributed by atoms with Gasteiger partial charge in [-0.2, -0.15) is 0 Å². The van der Waals surface area contributed by atoms with E-state index in [1.54, 1.807) is 0 Å². The zero-order chi connectivity index (χ0) is 20.9. The van der Waals surface area contributed by atoms with Crippen LogP contribution in [0, 0.1) is 17.7 Å². The highest BCUT2D eigenvalue weighted by Crippen LogP contribution is 2.46. The summed E-state index contributed by atoms with van der Waals surface area (Å²) >= 11 is 0. The number of carbonyl (C=O) groups excluding carboxylic acids is 3. The lowest BCUT2D eigenvalue weighted by molar-refractivity contribution is -0.171. The number of halogens is 1. The maximum atomic E-state index is 13.4. The van der Waals surface area contributed by atoms with Gasteiger partial charge in [0.15, 0.2) is 5.78 Å². The minimum absolute atomic E-state index is 0.0962. The molecule has 1 N–H and O–H groups in total. The Kier molecular flexibility index (Phi) is 6.85. The van der Waals surface area contributed by atoms with Gasteiger partial charge in [0.1, 0.15) is 24.9 Å². The van der Waals surface area contributed by atoms with Gasteiger partial charge in [0.25, 0.3) is 0 Å². The van der Waals surface area contributed by atoms with E-state index in [4.69, 9.17) is 9.47 Å². The van der Waals surface area contributed by atoms with Crippen LogP contribution in [0.3, 0.4) is 0 Å². The number of hydrogen-bond acceptors (Lipinski definition) is 6. The van der Waals surface area contributed by atoms with E-state index in [9.17, 15) is 23.9 Å². The molecular weight excluding hydrogens is 367 g/mol. The number of Topliss-reactive ketones (excluding diaryl/α,β-unsaturated/α-hetero) is 1. The van der Waals surface area contributed by atoms with Gasteiger partial charge in [-0.15, -0.1) is 0 Å². The van der Waals surface area contributed by atoms with Crippen LogP contribution in [0.4, 0.5) is 4.39 Å². The van der Waals surface area contributed by atoms with E-state index in [1.165, 1.54) is 31.2 Å². The Labute approximate surface area is 162 Å². The number of aliphatic hydroxyl groups is 1. The molecule has 0 unspecified atom stereocenters.